The van der Waals surface area contributed by atoms with Crippen molar-refractivity contribution in [1.29, 1.82) is 0 Å². The van der Waals surface area contributed by atoms with E-state index in [2.05, 4.69) is 4.98 Å². The lowest BCUT2D eigenvalue weighted by atomic mass is 10.2. The average Bonchev–Trinajstić information content (AvgIpc) is 2.73. The molecule has 2 aromatic rings. The second-order valence-corrected chi connectivity index (χ2v) is 5.15. The van der Waals surface area contributed by atoms with Gasteiger partial charge in [-0.25, -0.2) is 4.98 Å². The maximum Gasteiger partial charge on any atom is 0.142 e. The molecule has 0 unspecified atom stereocenters. The molecule has 1 aromatic carbocycles. The molecule has 2 rings (SSSR count). The fourth-order valence-corrected chi connectivity index (χ4v) is 2.57. The topological polar surface area (TPSA) is 22.1 Å². The van der Waals surface area contributed by atoms with Crippen LogP contribution in [0.5, 0.6) is 5.75 Å². The first-order chi connectivity index (χ1) is 8.20. The Labute approximate surface area is 114 Å². The van der Waals surface area contributed by atoms with E-state index in [0.717, 1.165) is 16.3 Å². The Hall–Kier alpha value is -0.770. The number of benzene rings is 1. The first-order valence-corrected chi connectivity index (χ1v) is 6.87. The molecule has 0 N–H and O–H groups in total. The molecule has 0 aliphatic rings. The van der Waals surface area contributed by atoms with Crippen molar-refractivity contribution in [2.45, 2.75) is 19.4 Å². The van der Waals surface area contributed by atoms with Crippen LogP contribution in [0.25, 0.3) is 0 Å². The highest BCUT2D eigenvalue weighted by atomic mass is 35.5. The number of hydrogen-bond acceptors (Lipinski definition) is 3. The maximum atomic E-state index is 6.08. The number of ether oxygens (including phenoxy) is 1. The zero-order valence-corrected chi connectivity index (χ0v) is 11.6. The van der Waals surface area contributed by atoms with Gasteiger partial charge in [0.05, 0.1) is 10.9 Å². The maximum absolute atomic E-state index is 6.08. The highest BCUT2D eigenvalue weighted by Gasteiger charge is 2.08. The molecule has 0 spiro atoms. The minimum absolute atomic E-state index is 0.382. The molecule has 0 aliphatic carbocycles. The molecule has 0 fully saturated rings. The van der Waals surface area contributed by atoms with Crippen molar-refractivity contribution in [2.24, 2.45) is 0 Å². The Bertz CT molecular complexity index is 513. The Kier molecular flexibility index (Phi) is 4.26. The van der Waals surface area contributed by atoms with Gasteiger partial charge >= 0.3 is 0 Å². The van der Waals surface area contributed by atoms with Crippen LogP contribution in [0.4, 0.5) is 0 Å². The van der Waals surface area contributed by atoms with Gasteiger partial charge in [0.2, 0.25) is 0 Å². The van der Waals surface area contributed by atoms with E-state index in [-0.39, 0.29) is 0 Å². The van der Waals surface area contributed by atoms with Crippen molar-refractivity contribution in [3.63, 3.8) is 0 Å². The van der Waals surface area contributed by atoms with Crippen LogP contribution in [0.2, 0.25) is 5.02 Å². The van der Waals surface area contributed by atoms with Gasteiger partial charge in [0, 0.05) is 16.6 Å². The van der Waals surface area contributed by atoms with E-state index in [1.165, 1.54) is 0 Å². The van der Waals surface area contributed by atoms with E-state index in [1.54, 1.807) is 17.4 Å². The number of rotatable bonds is 4. The number of alkyl halides is 1. The number of halogens is 2. The molecule has 0 amide bonds. The molecule has 5 heteroatoms. The van der Waals surface area contributed by atoms with E-state index >= 15 is 0 Å². The van der Waals surface area contributed by atoms with Crippen LogP contribution in [-0.2, 0) is 12.5 Å². The zero-order valence-electron chi connectivity index (χ0n) is 9.24. The summed E-state index contributed by atoms with van der Waals surface area (Å²) in [7, 11) is 0. The lowest BCUT2D eigenvalue weighted by Gasteiger charge is -2.10. The van der Waals surface area contributed by atoms with Gasteiger partial charge in [-0.1, -0.05) is 23.7 Å². The third-order valence-electron chi connectivity index (χ3n) is 2.20. The monoisotopic (exact) mass is 287 g/mol. The standard InChI is InChI=1S/C12H11Cl2NOS/c1-8-7-17-11(15-8)6-16-12-9(5-13)3-2-4-10(12)14/h2-4,7H,5-6H2,1H3. The SMILES string of the molecule is Cc1csc(COc2c(Cl)cccc2CCl)n1. The highest BCUT2D eigenvalue weighted by Crippen LogP contribution is 2.30. The van der Waals surface area contributed by atoms with Gasteiger partial charge in [-0.2, -0.15) is 0 Å². The molecule has 0 aliphatic heterocycles. The van der Waals surface area contributed by atoms with E-state index < -0.39 is 0 Å². The van der Waals surface area contributed by atoms with Crippen LogP contribution in [0, 0.1) is 6.92 Å². The minimum Gasteiger partial charge on any atom is -0.485 e. The van der Waals surface area contributed by atoms with Crippen LogP contribution in [0.1, 0.15) is 16.3 Å². The molecule has 17 heavy (non-hydrogen) atoms. The van der Waals surface area contributed by atoms with Gasteiger partial charge in [0.1, 0.15) is 17.4 Å². The molecular weight excluding hydrogens is 277 g/mol. The van der Waals surface area contributed by atoms with Gasteiger partial charge in [-0.15, -0.1) is 22.9 Å². The number of para-hydroxylation sites is 1. The summed E-state index contributed by atoms with van der Waals surface area (Å²) < 4.78 is 5.69. The lowest BCUT2D eigenvalue weighted by Crippen LogP contribution is -1.98. The summed E-state index contributed by atoms with van der Waals surface area (Å²) in [5.41, 5.74) is 1.90. The molecule has 90 valence electrons. The molecular formula is C12H11Cl2NOS. The van der Waals surface area contributed by atoms with Gasteiger partial charge in [-0.3, -0.25) is 0 Å². The Balaban J connectivity index is 2.13. The van der Waals surface area contributed by atoms with Gasteiger partial charge in [0.25, 0.3) is 0 Å². The Morgan fingerprint density at radius 1 is 1.41 bits per heavy atom. The summed E-state index contributed by atoms with van der Waals surface area (Å²) in [4.78, 5) is 4.33. The zero-order chi connectivity index (χ0) is 12.3. The van der Waals surface area contributed by atoms with Crippen LogP contribution in [-0.4, -0.2) is 4.98 Å². The molecule has 0 saturated heterocycles. The molecule has 1 aromatic heterocycles. The molecule has 2 nitrogen and oxygen atoms in total. The Morgan fingerprint density at radius 3 is 2.88 bits per heavy atom. The first-order valence-electron chi connectivity index (χ1n) is 5.08. The normalized spacial score (nSPS) is 10.5. The van der Waals surface area contributed by atoms with Gasteiger partial charge in [0.15, 0.2) is 0 Å². The van der Waals surface area contributed by atoms with Crippen molar-refractivity contribution in [3.8, 4) is 5.75 Å². The quantitative estimate of drug-likeness (QED) is 0.777. The minimum atomic E-state index is 0.382. The fraction of sp³-hybridized carbons (Fsp3) is 0.250. The summed E-state index contributed by atoms with van der Waals surface area (Å²) in [6, 6.07) is 5.56. The van der Waals surface area contributed by atoms with Crippen LogP contribution in [0.15, 0.2) is 23.6 Å². The number of nitrogens with zero attached hydrogens (tertiary/aromatic N) is 1. The molecule has 0 saturated carbocycles. The molecule has 1 heterocycles. The van der Waals surface area contributed by atoms with Crippen molar-refractivity contribution >= 4 is 34.5 Å². The second-order valence-electron chi connectivity index (χ2n) is 3.53. The number of thiazole rings is 1. The third-order valence-corrected chi connectivity index (χ3v) is 3.72. The summed E-state index contributed by atoms with van der Waals surface area (Å²) in [5, 5.41) is 3.51. The predicted molar refractivity (Wildman–Crippen MR) is 72.2 cm³/mol. The van der Waals surface area contributed by atoms with Gasteiger partial charge in [-0.05, 0) is 13.0 Å². The highest BCUT2D eigenvalue weighted by molar-refractivity contribution is 7.09. The molecule has 0 bridgehead atoms. The Morgan fingerprint density at radius 2 is 2.24 bits per heavy atom. The third kappa shape index (κ3) is 3.12. The number of hydrogen-bond donors (Lipinski definition) is 0. The fourth-order valence-electron chi connectivity index (χ4n) is 1.42. The first kappa shape index (κ1) is 12.7. The lowest BCUT2D eigenvalue weighted by molar-refractivity contribution is 0.303. The van der Waals surface area contributed by atoms with Crippen molar-refractivity contribution in [3.05, 3.63) is 44.9 Å². The predicted octanol–water partition coefficient (Wildman–Crippen LogP) is 4.42. The van der Waals surface area contributed by atoms with Crippen molar-refractivity contribution < 1.29 is 4.74 Å². The van der Waals surface area contributed by atoms with Gasteiger partial charge < -0.3 is 4.74 Å². The van der Waals surface area contributed by atoms with E-state index in [4.69, 9.17) is 27.9 Å². The van der Waals surface area contributed by atoms with Crippen LogP contribution >= 0.6 is 34.5 Å². The van der Waals surface area contributed by atoms with Crippen LogP contribution in [0.3, 0.4) is 0 Å². The van der Waals surface area contributed by atoms with E-state index in [0.29, 0.717) is 23.3 Å². The smallest absolute Gasteiger partial charge is 0.142 e. The summed E-state index contributed by atoms with van der Waals surface area (Å²) in [5.74, 6) is 1.03. The van der Waals surface area contributed by atoms with Crippen molar-refractivity contribution in [2.75, 3.05) is 0 Å². The summed E-state index contributed by atoms with van der Waals surface area (Å²) >= 11 is 13.5. The number of aryl methyl sites for hydroxylation is 1. The summed E-state index contributed by atoms with van der Waals surface area (Å²) in [6.07, 6.45) is 0. The van der Waals surface area contributed by atoms with E-state index in [1.807, 2.05) is 24.4 Å². The summed E-state index contributed by atoms with van der Waals surface area (Å²) in [6.45, 7) is 2.38. The number of aromatic nitrogens is 1. The molecule has 0 radical (unpaired) electrons. The average molecular weight is 288 g/mol. The second kappa shape index (κ2) is 5.71. The van der Waals surface area contributed by atoms with E-state index in [9.17, 15) is 0 Å². The van der Waals surface area contributed by atoms with Crippen LogP contribution < -0.4 is 4.74 Å². The van der Waals surface area contributed by atoms with Crippen molar-refractivity contribution in [1.82, 2.24) is 4.98 Å². The molecule has 0 atom stereocenters. The largest absolute Gasteiger partial charge is 0.485 e.